The Bertz CT molecular complexity index is 503. The summed E-state index contributed by atoms with van der Waals surface area (Å²) in [6.45, 7) is 9.23. The van der Waals surface area contributed by atoms with Gasteiger partial charge >= 0.3 is 0 Å². The minimum absolute atomic E-state index is 0.0177. The van der Waals surface area contributed by atoms with Crippen LogP contribution in [0.3, 0.4) is 0 Å². The van der Waals surface area contributed by atoms with Crippen molar-refractivity contribution in [2.45, 2.75) is 41.0 Å². The van der Waals surface area contributed by atoms with E-state index in [9.17, 15) is 9.18 Å². The number of rotatable bonds is 4. The van der Waals surface area contributed by atoms with Gasteiger partial charge in [-0.3, -0.25) is 4.79 Å². The van der Waals surface area contributed by atoms with E-state index in [4.69, 9.17) is 0 Å². The maximum Gasteiger partial charge on any atom is 0.166 e. The Morgan fingerprint density at radius 3 is 2.42 bits per heavy atom. The first-order valence-electron chi connectivity index (χ1n) is 6.51. The predicted molar refractivity (Wildman–Crippen MR) is 82.1 cm³/mol. The summed E-state index contributed by atoms with van der Waals surface area (Å²) in [5.41, 5.74) is 2.29. The van der Waals surface area contributed by atoms with Crippen LogP contribution in [-0.4, -0.2) is 5.78 Å². The molecule has 104 valence electrons. The van der Waals surface area contributed by atoms with Gasteiger partial charge in [0.05, 0.1) is 0 Å². The van der Waals surface area contributed by atoms with Crippen molar-refractivity contribution in [2.75, 3.05) is 0 Å². The lowest BCUT2D eigenvalue weighted by Gasteiger charge is -2.17. The van der Waals surface area contributed by atoms with Gasteiger partial charge in [0, 0.05) is 21.5 Å². The zero-order valence-electron chi connectivity index (χ0n) is 12.1. The molecule has 0 saturated heterocycles. The van der Waals surface area contributed by atoms with Crippen LogP contribution < -0.4 is 0 Å². The summed E-state index contributed by atoms with van der Waals surface area (Å²) in [6.07, 6.45) is 4.27. The van der Waals surface area contributed by atoms with Crippen LogP contribution in [0.25, 0.3) is 6.08 Å². The summed E-state index contributed by atoms with van der Waals surface area (Å²) in [6, 6.07) is 0. The highest BCUT2D eigenvalue weighted by Gasteiger charge is 2.23. The zero-order valence-corrected chi connectivity index (χ0v) is 13.7. The summed E-state index contributed by atoms with van der Waals surface area (Å²) < 4.78 is 15.1. The molecular weight excluding hydrogens is 307 g/mol. The second kappa shape index (κ2) is 6.47. The number of carbonyl (C=O) groups is 1. The summed E-state index contributed by atoms with van der Waals surface area (Å²) in [4.78, 5) is 12.4. The first-order chi connectivity index (χ1) is 8.86. The van der Waals surface area contributed by atoms with E-state index >= 15 is 0 Å². The molecule has 0 bridgehead atoms. The lowest BCUT2D eigenvalue weighted by molar-refractivity contribution is 0.0925. The third-order valence-electron chi connectivity index (χ3n) is 3.52. The minimum atomic E-state index is -0.317. The normalized spacial score (nSPS) is 13.0. The third kappa shape index (κ3) is 2.97. The van der Waals surface area contributed by atoms with Gasteiger partial charge in [0.25, 0.3) is 0 Å². The number of carbonyl (C=O) groups excluding carboxylic acids is 1. The molecule has 1 nitrogen and oxygen atoms in total. The molecule has 19 heavy (non-hydrogen) atoms. The Morgan fingerprint density at radius 1 is 1.37 bits per heavy atom. The van der Waals surface area contributed by atoms with Crippen LogP contribution in [0.4, 0.5) is 4.39 Å². The van der Waals surface area contributed by atoms with Crippen LogP contribution in [0, 0.1) is 25.6 Å². The molecular formula is C16H20BrFO. The van der Waals surface area contributed by atoms with Gasteiger partial charge in [0.2, 0.25) is 0 Å². The van der Waals surface area contributed by atoms with E-state index in [0.717, 1.165) is 12.0 Å². The second-order valence-corrected chi connectivity index (χ2v) is 5.63. The van der Waals surface area contributed by atoms with Gasteiger partial charge < -0.3 is 0 Å². The van der Waals surface area contributed by atoms with Gasteiger partial charge in [0.1, 0.15) is 5.82 Å². The molecule has 0 amide bonds. The molecule has 3 heteroatoms. The van der Waals surface area contributed by atoms with E-state index < -0.39 is 0 Å². The van der Waals surface area contributed by atoms with Crippen molar-refractivity contribution in [1.82, 2.24) is 0 Å². The maximum absolute atomic E-state index is 14.4. The second-order valence-electron chi connectivity index (χ2n) is 4.84. The average Bonchev–Trinajstić information content (AvgIpc) is 2.40. The van der Waals surface area contributed by atoms with Gasteiger partial charge in [0.15, 0.2) is 5.78 Å². The lowest BCUT2D eigenvalue weighted by Crippen LogP contribution is -2.15. The fraction of sp³-hybridized carbons (Fsp3) is 0.438. The number of ketones is 1. The first-order valence-corrected chi connectivity index (χ1v) is 7.31. The zero-order chi connectivity index (χ0) is 14.7. The van der Waals surface area contributed by atoms with E-state index in [-0.39, 0.29) is 17.5 Å². The van der Waals surface area contributed by atoms with Crippen LogP contribution in [0.15, 0.2) is 10.5 Å². The monoisotopic (exact) mass is 326 g/mol. The summed E-state index contributed by atoms with van der Waals surface area (Å²) in [7, 11) is 0. The molecule has 0 radical (unpaired) electrons. The molecule has 0 aliphatic heterocycles. The Hall–Kier alpha value is -0.960. The molecule has 1 rings (SSSR count). The fourth-order valence-electron chi connectivity index (χ4n) is 2.12. The number of benzene rings is 1. The smallest absolute Gasteiger partial charge is 0.166 e. The lowest BCUT2D eigenvalue weighted by atomic mass is 9.89. The summed E-state index contributed by atoms with van der Waals surface area (Å²) in [5.74, 6) is -0.386. The molecule has 1 atom stereocenters. The van der Waals surface area contributed by atoms with Crippen molar-refractivity contribution in [3.05, 3.63) is 38.6 Å². The summed E-state index contributed by atoms with van der Waals surface area (Å²) >= 11 is 3.41. The largest absolute Gasteiger partial charge is 0.294 e. The van der Waals surface area contributed by atoms with Crippen LogP contribution in [0.5, 0.6) is 0 Å². The number of halogens is 2. The van der Waals surface area contributed by atoms with E-state index in [1.165, 1.54) is 0 Å². The molecule has 1 unspecified atom stereocenters. The molecule has 0 spiro atoms. The molecule has 0 N–H and O–H groups in total. The van der Waals surface area contributed by atoms with Gasteiger partial charge in [-0.15, -0.1) is 0 Å². The quantitative estimate of drug-likeness (QED) is 0.671. The van der Waals surface area contributed by atoms with Crippen molar-refractivity contribution in [1.29, 1.82) is 0 Å². The Balaban J connectivity index is 3.57. The highest BCUT2D eigenvalue weighted by atomic mass is 79.9. The molecule has 0 aromatic heterocycles. The number of hydrogen-bond acceptors (Lipinski definition) is 1. The third-order valence-corrected chi connectivity index (χ3v) is 4.54. The van der Waals surface area contributed by atoms with Gasteiger partial charge in [-0.1, -0.05) is 26.0 Å². The van der Waals surface area contributed by atoms with Crippen molar-refractivity contribution in [3.8, 4) is 0 Å². The molecule has 0 saturated carbocycles. The van der Waals surface area contributed by atoms with Crippen molar-refractivity contribution < 1.29 is 9.18 Å². The van der Waals surface area contributed by atoms with E-state index in [0.29, 0.717) is 21.2 Å². The summed E-state index contributed by atoms with van der Waals surface area (Å²) in [5, 5.41) is 0. The van der Waals surface area contributed by atoms with Gasteiger partial charge in [-0.05, 0) is 54.2 Å². The minimum Gasteiger partial charge on any atom is -0.294 e. The number of hydrogen-bond donors (Lipinski definition) is 0. The molecule has 1 aromatic carbocycles. The predicted octanol–water partition coefficient (Wildman–Crippen LogP) is 5.47. The fourth-order valence-corrected chi connectivity index (χ4v) is 2.62. The van der Waals surface area contributed by atoms with Gasteiger partial charge in [-0.25, -0.2) is 4.39 Å². The van der Waals surface area contributed by atoms with E-state index in [1.807, 2.05) is 27.7 Å². The Kier molecular flexibility index (Phi) is 5.48. The Labute approximate surface area is 123 Å². The highest BCUT2D eigenvalue weighted by Crippen LogP contribution is 2.33. The van der Waals surface area contributed by atoms with Crippen LogP contribution in [0.1, 0.15) is 54.2 Å². The SMILES string of the molecule is CC=Cc1c(F)c(C)c(C(=O)C(C)CC)c(C)c1Br. The van der Waals surface area contributed by atoms with Crippen molar-refractivity contribution in [2.24, 2.45) is 5.92 Å². The molecule has 0 aliphatic carbocycles. The molecule has 0 aliphatic rings. The van der Waals surface area contributed by atoms with E-state index in [1.54, 1.807) is 19.1 Å². The number of Topliss-reactive ketones (excluding diaryl/α,β-unsaturated/α-hetero) is 1. The molecule has 0 heterocycles. The van der Waals surface area contributed by atoms with Crippen LogP contribution >= 0.6 is 15.9 Å². The first kappa shape index (κ1) is 16.1. The highest BCUT2D eigenvalue weighted by molar-refractivity contribution is 9.10. The number of allylic oxidation sites excluding steroid dienone is 1. The maximum atomic E-state index is 14.4. The van der Waals surface area contributed by atoms with Crippen molar-refractivity contribution >= 4 is 27.8 Å². The molecule has 1 aromatic rings. The molecule has 0 fully saturated rings. The van der Waals surface area contributed by atoms with E-state index in [2.05, 4.69) is 15.9 Å². The standard InChI is InChI=1S/C16H20BrFO/c1-6-8-12-14(17)10(4)13(11(5)15(12)18)16(19)9(3)7-2/h6,8-9H,7H2,1-5H3. The average molecular weight is 327 g/mol. The van der Waals surface area contributed by atoms with Crippen molar-refractivity contribution in [3.63, 3.8) is 0 Å². The Morgan fingerprint density at radius 2 is 1.95 bits per heavy atom. The van der Waals surface area contributed by atoms with Crippen LogP contribution in [0.2, 0.25) is 0 Å². The topological polar surface area (TPSA) is 17.1 Å². The van der Waals surface area contributed by atoms with Crippen LogP contribution in [-0.2, 0) is 0 Å². The van der Waals surface area contributed by atoms with Gasteiger partial charge in [-0.2, -0.15) is 0 Å².